The predicted octanol–water partition coefficient (Wildman–Crippen LogP) is 4.61. The van der Waals surface area contributed by atoms with Gasteiger partial charge in [-0.1, -0.05) is 60.7 Å². The summed E-state index contributed by atoms with van der Waals surface area (Å²) < 4.78 is 0. The summed E-state index contributed by atoms with van der Waals surface area (Å²) in [5, 5.41) is 3.33. The van der Waals surface area contributed by atoms with Crippen molar-refractivity contribution in [3.8, 4) is 11.3 Å². The monoisotopic (exact) mass is 326 g/mol. The molecule has 1 N–H and O–H groups in total. The Bertz CT molecular complexity index is 998. The minimum atomic E-state index is 0.612. The molecule has 0 spiro atoms. The highest BCUT2D eigenvalue weighted by atomic mass is 15.1. The molecule has 0 atom stereocenters. The van der Waals surface area contributed by atoms with Crippen molar-refractivity contribution in [1.29, 1.82) is 0 Å². The highest BCUT2D eigenvalue weighted by molar-refractivity contribution is 5.89. The fourth-order valence-electron chi connectivity index (χ4n) is 2.77. The molecule has 0 amide bonds. The first-order chi connectivity index (χ1) is 12.3. The van der Waals surface area contributed by atoms with Crippen molar-refractivity contribution in [3.63, 3.8) is 0 Å². The number of hydrogen-bond donors (Lipinski definition) is 1. The van der Waals surface area contributed by atoms with Crippen LogP contribution in [0.4, 0.5) is 5.95 Å². The summed E-state index contributed by atoms with van der Waals surface area (Å²) >= 11 is 0. The number of pyridine rings is 1. The van der Waals surface area contributed by atoms with Crippen molar-refractivity contribution in [2.45, 2.75) is 13.5 Å². The van der Waals surface area contributed by atoms with Gasteiger partial charge in [-0.25, -0.2) is 15.0 Å². The molecule has 0 saturated heterocycles. The molecule has 0 aliphatic carbocycles. The summed E-state index contributed by atoms with van der Waals surface area (Å²) in [5.41, 5.74) is 5.71. The lowest BCUT2D eigenvalue weighted by Crippen LogP contribution is -2.05. The quantitative estimate of drug-likeness (QED) is 0.595. The van der Waals surface area contributed by atoms with Gasteiger partial charge in [-0.15, -0.1) is 0 Å². The largest absolute Gasteiger partial charge is 0.350 e. The lowest BCUT2D eigenvalue weighted by molar-refractivity contribution is 1.07. The molecule has 0 unspecified atom stereocenters. The van der Waals surface area contributed by atoms with E-state index in [-0.39, 0.29) is 0 Å². The minimum absolute atomic E-state index is 0.612. The van der Waals surface area contributed by atoms with E-state index in [1.54, 1.807) is 0 Å². The van der Waals surface area contributed by atoms with E-state index in [2.05, 4.69) is 27.4 Å². The van der Waals surface area contributed by atoms with Gasteiger partial charge in [0.1, 0.15) is 11.2 Å². The van der Waals surface area contributed by atoms with E-state index in [1.165, 1.54) is 5.56 Å². The van der Waals surface area contributed by atoms with Crippen molar-refractivity contribution in [1.82, 2.24) is 15.0 Å². The van der Waals surface area contributed by atoms with Crippen molar-refractivity contribution in [3.05, 3.63) is 84.1 Å². The third kappa shape index (κ3) is 3.33. The Morgan fingerprint density at radius 3 is 2.24 bits per heavy atom. The average Bonchev–Trinajstić information content (AvgIpc) is 2.67. The lowest BCUT2D eigenvalue weighted by atomic mass is 10.1. The topological polar surface area (TPSA) is 50.7 Å². The van der Waals surface area contributed by atoms with Crippen molar-refractivity contribution < 1.29 is 0 Å². The summed E-state index contributed by atoms with van der Waals surface area (Å²) in [4.78, 5) is 14.0. The molecule has 25 heavy (non-hydrogen) atoms. The number of rotatable bonds is 4. The van der Waals surface area contributed by atoms with E-state index in [0.29, 0.717) is 12.5 Å². The molecule has 4 aromatic rings. The Hall–Kier alpha value is -3.27. The summed E-state index contributed by atoms with van der Waals surface area (Å²) in [5.74, 6) is 0.612. The number of fused-ring (bicyclic) bond motifs is 1. The second-order valence-corrected chi connectivity index (χ2v) is 5.92. The number of anilines is 1. The Balaban J connectivity index is 1.77. The smallest absolute Gasteiger partial charge is 0.224 e. The number of benzene rings is 2. The van der Waals surface area contributed by atoms with E-state index >= 15 is 0 Å². The van der Waals surface area contributed by atoms with E-state index in [4.69, 9.17) is 4.98 Å². The summed E-state index contributed by atoms with van der Waals surface area (Å²) in [6, 6.07) is 24.3. The Labute approximate surface area is 146 Å². The first kappa shape index (κ1) is 15.3. The van der Waals surface area contributed by atoms with Gasteiger partial charge in [0.2, 0.25) is 5.95 Å². The van der Waals surface area contributed by atoms with Crippen LogP contribution >= 0.6 is 0 Å². The van der Waals surface area contributed by atoms with Crippen LogP contribution in [0.25, 0.3) is 22.3 Å². The maximum Gasteiger partial charge on any atom is 0.224 e. The Morgan fingerprint density at radius 1 is 0.760 bits per heavy atom. The molecule has 0 fully saturated rings. The van der Waals surface area contributed by atoms with Crippen LogP contribution in [-0.2, 0) is 6.54 Å². The van der Waals surface area contributed by atoms with Crippen LogP contribution in [0.15, 0.2) is 72.8 Å². The van der Waals surface area contributed by atoms with Gasteiger partial charge >= 0.3 is 0 Å². The van der Waals surface area contributed by atoms with Crippen molar-refractivity contribution in [2.75, 3.05) is 5.32 Å². The molecule has 0 bridgehead atoms. The molecule has 122 valence electrons. The van der Waals surface area contributed by atoms with E-state index in [9.17, 15) is 0 Å². The lowest BCUT2D eigenvalue weighted by Gasteiger charge is -2.10. The maximum atomic E-state index is 4.74. The third-order valence-electron chi connectivity index (χ3n) is 4.02. The molecule has 2 aromatic heterocycles. The van der Waals surface area contributed by atoms with Gasteiger partial charge in [0.15, 0.2) is 0 Å². The maximum absolute atomic E-state index is 4.74. The number of hydrogen-bond acceptors (Lipinski definition) is 4. The van der Waals surface area contributed by atoms with Gasteiger partial charge in [-0.3, -0.25) is 0 Å². The first-order valence-electron chi connectivity index (χ1n) is 8.28. The molecule has 2 aromatic carbocycles. The molecule has 0 aliphatic rings. The molecule has 2 heterocycles. The average molecular weight is 326 g/mol. The Kier molecular flexibility index (Phi) is 4.09. The number of aryl methyl sites for hydroxylation is 1. The molecular formula is C21H18N4. The summed E-state index contributed by atoms with van der Waals surface area (Å²) in [6.45, 7) is 2.66. The molecule has 4 nitrogen and oxygen atoms in total. The molecular weight excluding hydrogens is 308 g/mol. The summed E-state index contributed by atoms with van der Waals surface area (Å²) in [6.07, 6.45) is 0. The van der Waals surface area contributed by atoms with Gasteiger partial charge in [-0.05, 0) is 24.6 Å². The third-order valence-corrected chi connectivity index (χ3v) is 4.02. The SMILES string of the molecule is Cc1ccc2nc(NCc3ccccc3)nc(-c3ccccc3)c2n1. The van der Waals surface area contributed by atoms with Crippen LogP contribution < -0.4 is 5.32 Å². The highest BCUT2D eigenvalue weighted by Gasteiger charge is 2.11. The van der Waals surface area contributed by atoms with Crippen LogP contribution in [0.2, 0.25) is 0 Å². The first-order valence-corrected chi connectivity index (χ1v) is 8.28. The number of nitrogens with zero attached hydrogens (tertiary/aromatic N) is 3. The standard InChI is InChI=1S/C21H18N4/c1-15-12-13-18-20(23-15)19(17-10-6-3-7-11-17)25-21(24-18)22-14-16-8-4-2-5-9-16/h2-13H,14H2,1H3,(H,22,24,25). The second kappa shape index (κ2) is 6.69. The fraction of sp³-hybridized carbons (Fsp3) is 0.0952. The zero-order valence-electron chi connectivity index (χ0n) is 14.0. The van der Waals surface area contributed by atoms with Crippen LogP contribution in [0.1, 0.15) is 11.3 Å². The van der Waals surface area contributed by atoms with Crippen molar-refractivity contribution in [2.24, 2.45) is 0 Å². The normalized spacial score (nSPS) is 10.8. The summed E-state index contributed by atoms with van der Waals surface area (Å²) in [7, 11) is 0. The van der Waals surface area contributed by atoms with E-state index < -0.39 is 0 Å². The fourth-order valence-corrected chi connectivity index (χ4v) is 2.77. The Morgan fingerprint density at radius 2 is 1.48 bits per heavy atom. The zero-order valence-corrected chi connectivity index (χ0v) is 14.0. The van der Waals surface area contributed by atoms with Gasteiger partial charge in [0.05, 0.1) is 5.52 Å². The van der Waals surface area contributed by atoms with Gasteiger partial charge in [-0.2, -0.15) is 0 Å². The molecule has 0 radical (unpaired) electrons. The minimum Gasteiger partial charge on any atom is -0.350 e. The van der Waals surface area contributed by atoms with Crippen LogP contribution in [-0.4, -0.2) is 15.0 Å². The van der Waals surface area contributed by atoms with Gasteiger partial charge in [0, 0.05) is 17.8 Å². The molecule has 0 saturated carbocycles. The van der Waals surface area contributed by atoms with Crippen molar-refractivity contribution >= 4 is 17.0 Å². The van der Waals surface area contributed by atoms with Crippen LogP contribution in [0.3, 0.4) is 0 Å². The van der Waals surface area contributed by atoms with Gasteiger partial charge in [0.25, 0.3) is 0 Å². The second-order valence-electron chi connectivity index (χ2n) is 5.92. The highest BCUT2D eigenvalue weighted by Crippen LogP contribution is 2.26. The number of aromatic nitrogens is 3. The molecule has 0 aliphatic heterocycles. The molecule has 4 heteroatoms. The van der Waals surface area contributed by atoms with Crippen LogP contribution in [0.5, 0.6) is 0 Å². The van der Waals surface area contributed by atoms with Crippen LogP contribution in [0, 0.1) is 6.92 Å². The van der Waals surface area contributed by atoms with Gasteiger partial charge < -0.3 is 5.32 Å². The number of nitrogens with one attached hydrogen (secondary N) is 1. The predicted molar refractivity (Wildman–Crippen MR) is 101 cm³/mol. The zero-order chi connectivity index (χ0) is 17.1. The van der Waals surface area contributed by atoms with E-state index in [0.717, 1.165) is 28.0 Å². The van der Waals surface area contributed by atoms with E-state index in [1.807, 2.05) is 67.6 Å². The molecule has 4 rings (SSSR count).